The Kier molecular flexibility index (Phi) is 6.87. The number of fused-ring (bicyclic) bond motifs is 1. The van der Waals surface area contributed by atoms with Crippen LogP contribution in [0.25, 0.3) is 11.2 Å². The molecular weight excluding hydrogens is 496 g/mol. The number of carbonyl (C=O) groups excluding carboxylic acids is 1. The molecule has 0 bridgehead atoms. The Labute approximate surface area is 216 Å². The summed E-state index contributed by atoms with van der Waals surface area (Å²) in [5.41, 5.74) is 1.57. The largest absolute Gasteiger partial charge is 0.459 e. The number of anilines is 1. The van der Waals surface area contributed by atoms with Crippen LogP contribution < -0.4 is 16.1 Å². The molecule has 0 atom stereocenters. The summed E-state index contributed by atoms with van der Waals surface area (Å²) in [4.78, 5) is 57.6. The molecule has 1 N–H and O–H groups in total. The summed E-state index contributed by atoms with van der Waals surface area (Å²) in [6.07, 6.45) is 2.22. The van der Waals surface area contributed by atoms with Crippen LogP contribution in [-0.2, 0) is 13.6 Å². The van der Waals surface area contributed by atoms with E-state index in [-0.39, 0.29) is 5.91 Å². The molecule has 4 aromatic rings. The van der Waals surface area contributed by atoms with Gasteiger partial charge in [0.15, 0.2) is 22.1 Å². The molecule has 13 heteroatoms. The number of carbonyl (C=O) groups is 1. The van der Waals surface area contributed by atoms with E-state index in [9.17, 15) is 14.4 Å². The van der Waals surface area contributed by atoms with E-state index in [0.29, 0.717) is 55.6 Å². The number of H-pyrrole nitrogens is 1. The van der Waals surface area contributed by atoms with Gasteiger partial charge in [0, 0.05) is 56.9 Å². The van der Waals surface area contributed by atoms with E-state index in [4.69, 9.17) is 9.40 Å². The summed E-state index contributed by atoms with van der Waals surface area (Å²) in [5.74, 6) is 1.52. The van der Waals surface area contributed by atoms with Crippen molar-refractivity contribution in [2.24, 2.45) is 7.05 Å². The maximum absolute atomic E-state index is 12.8. The van der Waals surface area contributed by atoms with E-state index < -0.39 is 11.2 Å². The van der Waals surface area contributed by atoms with Crippen LogP contribution in [0.4, 0.5) is 5.95 Å². The van der Waals surface area contributed by atoms with E-state index in [1.54, 1.807) is 35.8 Å². The number of furan rings is 1. The van der Waals surface area contributed by atoms with Gasteiger partial charge < -0.3 is 18.8 Å². The normalized spacial score (nSPS) is 14.0. The lowest BCUT2D eigenvalue weighted by atomic mass is 10.3. The lowest BCUT2D eigenvalue weighted by Gasteiger charge is -2.35. The Morgan fingerprint density at radius 2 is 1.84 bits per heavy atom. The Morgan fingerprint density at radius 3 is 2.51 bits per heavy atom. The van der Waals surface area contributed by atoms with Gasteiger partial charge in [-0.05, 0) is 38.5 Å². The number of hydrogen-bond acceptors (Lipinski definition) is 9. The summed E-state index contributed by atoms with van der Waals surface area (Å²) >= 11 is 1.57. The molecule has 1 aliphatic rings. The zero-order chi connectivity index (χ0) is 26.1. The van der Waals surface area contributed by atoms with Crippen molar-refractivity contribution in [2.45, 2.75) is 32.0 Å². The minimum Gasteiger partial charge on any atom is -0.459 e. The van der Waals surface area contributed by atoms with Crippen LogP contribution in [0.15, 0.2) is 43.6 Å². The Bertz CT molecular complexity index is 1530. The van der Waals surface area contributed by atoms with Crippen molar-refractivity contribution in [2.75, 3.05) is 36.8 Å². The first kappa shape index (κ1) is 24.8. The standard InChI is InChI=1S/C24H28N8O4S/c1-15-14-16(2)26-22(25-15)37-13-5-7-32-18-19(29(3)24(35)28-20(18)33)27-23(32)31-10-8-30(9-11-31)21(34)17-6-4-12-36-17/h4,6,12,14H,5,7-11,13H2,1-3H3,(H,28,33,35). The highest BCUT2D eigenvalue weighted by atomic mass is 32.2. The number of hydrogen-bond donors (Lipinski definition) is 1. The van der Waals surface area contributed by atoms with Gasteiger partial charge in [0.05, 0.1) is 6.26 Å². The van der Waals surface area contributed by atoms with Crippen LogP contribution in [-0.4, -0.2) is 71.8 Å². The van der Waals surface area contributed by atoms with Gasteiger partial charge in [-0.1, -0.05) is 11.8 Å². The maximum atomic E-state index is 12.8. The predicted molar refractivity (Wildman–Crippen MR) is 139 cm³/mol. The second-order valence-corrected chi connectivity index (χ2v) is 10.0. The lowest BCUT2D eigenvalue weighted by molar-refractivity contribution is 0.0714. The molecule has 4 aromatic heterocycles. The van der Waals surface area contributed by atoms with Crippen LogP contribution in [0.2, 0.25) is 0 Å². The minimum atomic E-state index is -0.509. The molecule has 194 valence electrons. The van der Waals surface area contributed by atoms with Crippen LogP contribution in [0.5, 0.6) is 0 Å². The number of aromatic amines is 1. The minimum absolute atomic E-state index is 0.150. The van der Waals surface area contributed by atoms with Gasteiger partial charge in [0.1, 0.15) is 0 Å². The van der Waals surface area contributed by atoms with Crippen molar-refractivity contribution in [3.8, 4) is 0 Å². The number of rotatable bonds is 7. The molecule has 0 spiro atoms. The number of nitrogens with zero attached hydrogens (tertiary/aromatic N) is 7. The SMILES string of the molecule is Cc1cc(C)nc(SCCCn2c(N3CCN(C(=O)c4ccco4)CC3)nc3c2c(=O)[nH]c(=O)n3C)n1. The molecule has 0 radical (unpaired) electrons. The average molecular weight is 525 g/mol. The van der Waals surface area contributed by atoms with Crippen LogP contribution >= 0.6 is 11.8 Å². The molecule has 1 amide bonds. The molecule has 1 fully saturated rings. The monoisotopic (exact) mass is 524 g/mol. The third-order valence-corrected chi connectivity index (χ3v) is 7.22. The fourth-order valence-electron chi connectivity index (χ4n) is 4.49. The summed E-state index contributed by atoms with van der Waals surface area (Å²) < 4.78 is 8.48. The van der Waals surface area contributed by atoms with Crippen molar-refractivity contribution < 1.29 is 9.21 Å². The smallest absolute Gasteiger partial charge is 0.329 e. The Balaban J connectivity index is 1.36. The molecule has 1 saturated heterocycles. The number of aromatic nitrogens is 6. The van der Waals surface area contributed by atoms with Crippen LogP contribution in [0.3, 0.4) is 0 Å². The number of thioether (sulfide) groups is 1. The maximum Gasteiger partial charge on any atom is 0.329 e. The summed E-state index contributed by atoms with van der Waals surface area (Å²) in [6.45, 7) is 6.45. The molecule has 37 heavy (non-hydrogen) atoms. The molecule has 0 aliphatic carbocycles. The number of imidazole rings is 1. The first-order valence-electron chi connectivity index (χ1n) is 12.0. The molecule has 0 saturated carbocycles. The van der Waals surface area contributed by atoms with Crippen molar-refractivity contribution in [1.82, 2.24) is 34.0 Å². The molecule has 5 rings (SSSR count). The lowest BCUT2D eigenvalue weighted by Crippen LogP contribution is -2.49. The van der Waals surface area contributed by atoms with Crippen LogP contribution in [0.1, 0.15) is 28.4 Å². The third kappa shape index (κ3) is 5.03. The highest BCUT2D eigenvalue weighted by molar-refractivity contribution is 7.99. The van der Waals surface area contributed by atoms with Gasteiger partial charge in [-0.25, -0.2) is 14.8 Å². The topological polar surface area (TPSA) is 135 Å². The third-order valence-electron chi connectivity index (χ3n) is 6.29. The summed E-state index contributed by atoms with van der Waals surface area (Å²) in [5, 5.41) is 0.728. The fraction of sp³-hybridized carbons (Fsp3) is 0.417. The number of piperazine rings is 1. The van der Waals surface area contributed by atoms with Crippen molar-refractivity contribution in [3.63, 3.8) is 0 Å². The van der Waals surface area contributed by atoms with E-state index >= 15 is 0 Å². The van der Waals surface area contributed by atoms with Crippen molar-refractivity contribution in [1.29, 1.82) is 0 Å². The quantitative estimate of drug-likeness (QED) is 0.217. The van der Waals surface area contributed by atoms with Gasteiger partial charge >= 0.3 is 5.69 Å². The second kappa shape index (κ2) is 10.2. The second-order valence-electron chi connectivity index (χ2n) is 8.95. The van der Waals surface area contributed by atoms with Gasteiger partial charge in [0.2, 0.25) is 5.95 Å². The molecule has 0 aromatic carbocycles. The fourth-order valence-corrected chi connectivity index (χ4v) is 5.36. The van der Waals surface area contributed by atoms with Gasteiger partial charge in [-0.3, -0.25) is 19.1 Å². The predicted octanol–water partition coefficient (Wildman–Crippen LogP) is 1.57. The average Bonchev–Trinajstić information content (AvgIpc) is 3.53. The van der Waals surface area contributed by atoms with E-state index in [1.165, 1.54) is 10.8 Å². The van der Waals surface area contributed by atoms with Gasteiger partial charge in [0.25, 0.3) is 11.5 Å². The number of aryl methyl sites for hydroxylation is 4. The summed E-state index contributed by atoms with van der Waals surface area (Å²) in [7, 11) is 1.59. The molecular formula is C24H28N8O4S. The van der Waals surface area contributed by atoms with Gasteiger partial charge in [-0.2, -0.15) is 4.98 Å². The highest BCUT2D eigenvalue weighted by Crippen LogP contribution is 2.23. The number of amides is 1. The Hall–Kier alpha value is -3.87. The van der Waals surface area contributed by atoms with E-state index in [1.807, 2.05) is 24.5 Å². The molecule has 1 aliphatic heterocycles. The molecule has 12 nitrogen and oxygen atoms in total. The first-order valence-corrected chi connectivity index (χ1v) is 13.0. The molecule has 5 heterocycles. The zero-order valence-electron chi connectivity index (χ0n) is 20.9. The highest BCUT2D eigenvalue weighted by Gasteiger charge is 2.28. The number of nitrogens with one attached hydrogen (secondary N) is 1. The van der Waals surface area contributed by atoms with E-state index in [0.717, 1.165) is 28.7 Å². The molecule has 0 unspecified atom stereocenters. The zero-order valence-corrected chi connectivity index (χ0v) is 21.7. The van der Waals surface area contributed by atoms with E-state index in [2.05, 4.69) is 19.9 Å². The van der Waals surface area contributed by atoms with Gasteiger partial charge in [-0.15, -0.1) is 0 Å². The van der Waals surface area contributed by atoms with Crippen molar-refractivity contribution >= 4 is 34.8 Å². The summed E-state index contributed by atoms with van der Waals surface area (Å²) in [6, 6.07) is 5.28. The van der Waals surface area contributed by atoms with Crippen molar-refractivity contribution in [3.05, 3.63) is 62.4 Å². The Morgan fingerprint density at radius 1 is 1.11 bits per heavy atom. The van der Waals surface area contributed by atoms with Crippen LogP contribution in [0, 0.1) is 13.8 Å². The first-order chi connectivity index (χ1) is 17.8.